The number of carbonyl (C=O) groups is 2. The summed E-state index contributed by atoms with van der Waals surface area (Å²) in [7, 11) is 0. The molecular weight excluding hydrogens is 596 g/mol. The van der Waals surface area contributed by atoms with E-state index >= 15 is 0 Å². The Morgan fingerprint density at radius 1 is 0.542 bits per heavy atom. The third-order valence-corrected chi connectivity index (χ3v) is 9.95. The molecule has 6 nitrogen and oxygen atoms in total. The van der Waals surface area contributed by atoms with Crippen LogP contribution in [0.1, 0.15) is 213 Å². The van der Waals surface area contributed by atoms with Gasteiger partial charge in [-0.2, -0.15) is 0 Å². The summed E-state index contributed by atoms with van der Waals surface area (Å²) in [5, 5.41) is 3.78. The molecule has 48 heavy (non-hydrogen) atoms. The predicted octanol–water partition coefficient (Wildman–Crippen LogP) is 12.3. The SMILES string of the molecule is C=C(CCN1C(=O)CCN1CCC(=O)OCCCCCCCCCCCCCCCC)OCCCCCCCCCCCCCCCC. The largest absolute Gasteiger partial charge is 0.498 e. The van der Waals surface area contributed by atoms with Crippen LogP contribution < -0.4 is 0 Å². The van der Waals surface area contributed by atoms with Crippen LogP contribution in [0.5, 0.6) is 0 Å². The van der Waals surface area contributed by atoms with E-state index in [1.165, 1.54) is 161 Å². The number of rotatable bonds is 37. The van der Waals surface area contributed by atoms with Crippen molar-refractivity contribution < 1.29 is 19.1 Å². The van der Waals surface area contributed by atoms with Crippen LogP contribution in [-0.2, 0) is 19.1 Å². The zero-order valence-electron chi connectivity index (χ0n) is 32.2. The Kier molecular flexibility index (Phi) is 31.4. The maximum Gasteiger partial charge on any atom is 0.307 e. The van der Waals surface area contributed by atoms with Crippen molar-refractivity contribution >= 4 is 11.9 Å². The second-order valence-corrected chi connectivity index (χ2v) is 14.5. The quantitative estimate of drug-likeness (QED) is 0.0372. The second kappa shape index (κ2) is 33.9. The zero-order valence-corrected chi connectivity index (χ0v) is 32.2. The molecule has 0 N–H and O–H groups in total. The van der Waals surface area contributed by atoms with Crippen LogP contribution in [0.3, 0.4) is 0 Å². The Balaban J connectivity index is 1.95. The molecule has 1 heterocycles. The lowest BCUT2D eigenvalue weighted by Gasteiger charge is -2.28. The number of carbonyl (C=O) groups excluding carboxylic acids is 2. The second-order valence-electron chi connectivity index (χ2n) is 14.5. The van der Waals surface area contributed by atoms with E-state index in [-0.39, 0.29) is 11.9 Å². The van der Waals surface area contributed by atoms with Gasteiger partial charge >= 0.3 is 5.97 Å². The van der Waals surface area contributed by atoms with Gasteiger partial charge in [-0.15, -0.1) is 0 Å². The maximum atomic E-state index is 12.5. The summed E-state index contributed by atoms with van der Waals surface area (Å²) in [6, 6.07) is 0. The molecule has 0 aliphatic carbocycles. The topological polar surface area (TPSA) is 59.1 Å². The molecule has 1 aliphatic rings. The standard InChI is InChI=1S/C42H80N2O4/c1-4-6-8-10-12-14-16-18-20-22-24-26-28-30-38-47-40(3)32-37-44-41(45)33-35-43(44)36-34-42(46)48-39-31-29-27-25-23-21-19-17-15-13-11-9-7-5-2/h3-39H2,1-2H3. The van der Waals surface area contributed by atoms with Crippen LogP contribution in [0.15, 0.2) is 12.3 Å². The minimum atomic E-state index is -0.162. The molecule has 1 saturated heterocycles. The van der Waals surface area contributed by atoms with Crippen LogP contribution in [0.25, 0.3) is 0 Å². The highest BCUT2D eigenvalue weighted by atomic mass is 16.5. The van der Waals surface area contributed by atoms with Crippen molar-refractivity contribution in [3.63, 3.8) is 0 Å². The fraction of sp³-hybridized carbons (Fsp3) is 0.905. The summed E-state index contributed by atoms with van der Waals surface area (Å²) in [5.74, 6) is 0.701. The van der Waals surface area contributed by atoms with Crippen molar-refractivity contribution in [2.75, 3.05) is 32.8 Å². The highest BCUT2D eigenvalue weighted by molar-refractivity contribution is 5.77. The van der Waals surface area contributed by atoms with Crippen LogP contribution in [-0.4, -0.2) is 54.7 Å². The number of amides is 1. The Hall–Kier alpha value is -1.56. The molecule has 0 aromatic rings. The Morgan fingerprint density at radius 2 is 0.917 bits per heavy atom. The molecule has 0 radical (unpaired) electrons. The molecule has 1 rings (SSSR count). The Bertz CT molecular complexity index is 758. The summed E-state index contributed by atoms with van der Waals surface area (Å²) >= 11 is 0. The fourth-order valence-corrected chi connectivity index (χ4v) is 6.72. The van der Waals surface area contributed by atoms with Crippen molar-refractivity contribution in [2.45, 2.75) is 213 Å². The molecule has 0 atom stereocenters. The van der Waals surface area contributed by atoms with E-state index in [0.717, 1.165) is 25.0 Å². The molecule has 1 fully saturated rings. The van der Waals surface area contributed by atoms with Crippen LogP contribution >= 0.6 is 0 Å². The molecular formula is C42H80N2O4. The van der Waals surface area contributed by atoms with Crippen LogP contribution in [0.4, 0.5) is 0 Å². The number of hydrazine groups is 1. The molecule has 0 bridgehead atoms. The van der Waals surface area contributed by atoms with Crippen molar-refractivity contribution in [1.82, 2.24) is 10.0 Å². The molecule has 282 valence electrons. The number of nitrogens with zero attached hydrogens (tertiary/aromatic N) is 2. The van der Waals surface area contributed by atoms with Gasteiger partial charge in [-0.05, 0) is 12.8 Å². The summed E-state index contributed by atoms with van der Waals surface area (Å²) in [4.78, 5) is 24.8. The highest BCUT2D eigenvalue weighted by Gasteiger charge is 2.29. The van der Waals surface area contributed by atoms with Gasteiger partial charge < -0.3 is 9.47 Å². The van der Waals surface area contributed by atoms with Gasteiger partial charge in [0.1, 0.15) is 0 Å². The van der Waals surface area contributed by atoms with Gasteiger partial charge in [0.05, 0.1) is 25.4 Å². The number of ether oxygens (including phenoxy) is 2. The lowest BCUT2D eigenvalue weighted by Crippen LogP contribution is -2.41. The number of hydrogen-bond donors (Lipinski definition) is 0. The number of hydrogen-bond acceptors (Lipinski definition) is 5. The van der Waals surface area contributed by atoms with Crippen LogP contribution in [0.2, 0.25) is 0 Å². The normalized spacial score (nSPS) is 13.5. The Labute approximate surface area is 298 Å². The van der Waals surface area contributed by atoms with Gasteiger partial charge in [0.25, 0.3) is 0 Å². The zero-order chi connectivity index (χ0) is 34.8. The van der Waals surface area contributed by atoms with Gasteiger partial charge in [-0.25, -0.2) is 5.01 Å². The lowest BCUT2D eigenvalue weighted by molar-refractivity contribution is -0.147. The first-order valence-corrected chi connectivity index (χ1v) is 21.1. The first kappa shape index (κ1) is 44.5. The molecule has 0 aromatic carbocycles. The summed E-state index contributed by atoms with van der Waals surface area (Å²) in [5.41, 5.74) is 0. The monoisotopic (exact) mass is 677 g/mol. The van der Waals surface area contributed by atoms with Crippen molar-refractivity contribution in [3.05, 3.63) is 12.3 Å². The van der Waals surface area contributed by atoms with E-state index in [0.29, 0.717) is 52.1 Å². The van der Waals surface area contributed by atoms with Gasteiger partial charge in [0.15, 0.2) is 0 Å². The molecule has 0 saturated carbocycles. The summed E-state index contributed by atoms with van der Waals surface area (Å²) < 4.78 is 11.4. The highest BCUT2D eigenvalue weighted by Crippen LogP contribution is 2.17. The van der Waals surface area contributed by atoms with Crippen molar-refractivity contribution in [1.29, 1.82) is 0 Å². The summed E-state index contributed by atoms with van der Waals surface area (Å²) in [6.07, 6.45) is 38.8. The average Bonchev–Trinajstić information content (AvgIpc) is 3.44. The molecule has 6 heteroatoms. The molecule has 1 aliphatic heterocycles. The third kappa shape index (κ3) is 27.3. The molecule has 0 unspecified atom stereocenters. The van der Waals surface area contributed by atoms with E-state index in [2.05, 4.69) is 20.4 Å². The minimum absolute atomic E-state index is 0.116. The predicted molar refractivity (Wildman–Crippen MR) is 204 cm³/mol. The van der Waals surface area contributed by atoms with E-state index < -0.39 is 0 Å². The average molecular weight is 677 g/mol. The van der Waals surface area contributed by atoms with E-state index in [1.807, 2.05) is 5.01 Å². The smallest absolute Gasteiger partial charge is 0.307 e. The first-order chi connectivity index (χ1) is 23.6. The van der Waals surface area contributed by atoms with Gasteiger partial charge in [0.2, 0.25) is 5.91 Å². The minimum Gasteiger partial charge on any atom is -0.498 e. The van der Waals surface area contributed by atoms with Crippen molar-refractivity contribution in [2.24, 2.45) is 0 Å². The Morgan fingerprint density at radius 3 is 1.33 bits per heavy atom. The number of unbranched alkanes of at least 4 members (excludes halogenated alkanes) is 26. The molecule has 1 amide bonds. The van der Waals surface area contributed by atoms with Gasteiger partial charge in [-0.1, -0.05) is 187 Å². The van der Waals surface area contributed by atoms with Gasteiger partial charge in [-0.3, -0.25) is 14.6 Å². The van der Waals surface area contributed by atoms with Gasteiger partial charge in [0, 0.05) is 32.5 Å². The molecule has 0 aromatic heterocycles. The van der Waals surface area contributed by atoms with E-state index in [9.17, 15) is 9.59 Å². The van der Waals surface area contributed by atoms with Crippen LogP contribution in [0, 0.1) is 0 Å². The lowest BCUT2D eigenvalue weighted by atomic mass is 10.0. The first-order valence-electron chi connectivity index (χ1n) is 21.1. The van der Waals surface area contributed by atoms with Crippen molar-refractivity contribution in [3.8, 4) is 0 Å². The van der Waals surface area contributed by atoms with E-state index in [4.69, 9.17) is 9.47 Å². The molecule has 0 spiro atoms. The maximum absolute atomic E-state index is 12.5. The third-order valence-electron chi connectivity index (χ3n) is 9.95. The fourth-order valence-electron chi connectivity index (χ4n) is 6.72. The van der Waals surface area contributed by atoms with E-state index in [1.54, 1.807) is 5.01 Å². The summed E-state index contributed by atoms with van der Waals surface area (Å²) in [6.45, 7) is 11.6. The number of esters is 1.